The van der Waals surface area contributed by atoms with Crippen molar-refractivity contribution in [3.05, 3.63) is 105 Å². The number of hydrogen-bond donors (Lipinski definition) is 1. The second-order valence-corrected chi connectivity index (χ2v) is 11.8. The van der Waals surface area contributed by atoms with Crippen LogP contribution in [0.2, 0.25) is 5.02 Å². The molecule has 2 aliphatic rings. The molecule has 0 radical (unpaired) electrons. The fourth-order valence-corrected chi connectivity index (χ4v) is 6.17. The maximum atomic E-state index is 13.4. The standard InChI is InChI=1S/C31H33BrClN3O2/c32-26-11-9-23(10-12-26)22-36-20-16-31(30(36)38)14-18-35(19-15-31)17-13-28(24-5-2-1-3-6-24)34-29(37)25-7-4-8-27(33)21-25/h1-12,21,28H,13-20,22H2,(H,34,37). The molecule has 2 heterocycles. The van der Waals surface area contributed by atoms with Gasteiger partial charge in [-0.15, -0.1) is 0 Å². The van der Waals surface area contributed by atoms with Crippen molar-refractivity contribution in [1.29, 1.82) is 0 Å². The Balaban J connectivity index is 1.17. The van der Waals surface area contributed by atoms with Gasteiger partial charge in [0.1, 0.15) is 0 Å². The molecule has 38 heavy (non-hydrogen) atoms. The number of likely N-dealkylation sites (tertiary alicyclic amines) is 2. The molecular formula is C31H33BrClN3O2. The summed E-state index contributed by atoms with van der Waals surface area (Å²) in [5.74, 6) is 0.192. The Hall–Kier alpha value is -2.67. The van der Waals surface area contributed by atoms with Crippen LogP contribution in [0.25, 0.3) is 0 Å². The third-order valence-corrected chi connectivity index (χ3v) is 8.79. The van der Waals surface area contributed by atoms with Crippen molar-refractivity contribution in [2.75, 3.05) is 26.2 Å². The molecule has 1 spiro atoms. The maximum Gasteiger partial charge on any atom is 0.251 e. The summed E-state index contributed by atoms with van der Waals surface area (Å²) in [6.45, 7) is 4.19. The first kappa shape index (κ1) is 26.9. The van der Waals surface area contributed by atoms with Gasteiger partial charge >= 0.3 is 0 Å². The summed E-state index contributed by atoms with van der Waals surface area (Å²) in [6, 6.07) is 25.3. The number of benzene rings is 3. The molecule has 5 rings (SSSR count). The zero-order valence-electron chi connectivity index (χ0n) is 21.4. The minimum atomic E-state index is -0.217. The van der Waals surface area contributed by atoms with Gasteiger partial charge in [-0.1, -0.05) is 76.1 Å². The van der Waals surface area contributed by atoms with Crippen molar-refractivity contribution in [2.45, 2.75) is 38.3 Å². The van der Waals surface area contributed by atoms with Gasteiger partial charge in [0.15, 0.2) is 0 Å². The lowest BCUT2D eigenvalue weighted by Gasteiger charge is -2.38. The topological polar surface area (TPSA) is 52.7 Å². The van der Waals surface area contributed by atoms with E-state index in [1.54, 1.807) is 24.3 Å². The van der Waals surface area contributed by atoms with Crippen molar-refractivity contribution in [2.24, 2.45) is 5.41 Å². The van der Waals surface area contributed by atoms with Crippen molar-refractivity contribution < 1.29 is 9.59 Å². The van der Waals surface area contributed by atoms with Gasteiger partial charge in [0.05, 0.1) is 11.5 Å². The van der Waals surface area contributed by atoms with E-state index in [1.165, 1.54) is 5.56 Å². The molecule has 0 aliphatic carbocycles. The molecule has 3 aromatic rings. The molecule has 0 bridgehead atoms. The van der Waals surface area contributed by atoms with Crippen LogP contribution < -0.4 is 5.32 Å². The lowest BCUT2D eigenvalue weighted by atomic mass is 9.77. The third-order valence-electron chi connectivity index (χ3n) is 8.03. The fourth-order valence-electron chi connectivity index (χ4n) is 5.71. The van der Waals surface area contributed by atoms with E-state index in [-0.39, 0.29) is 17.4 Å². The van der Waals surface area contributed by atoms with Crippen LogP contribution in [0.4, 0.5) is 0 Å². The maximum absolute atomic E-state index is 13.4. The minimum absolute atomic E-state index is 0.104. The molecule has 1 unspecified atom stereocenters. The van der Waals surface area contributed by atoms with Gasteiger partial charge < -0.3 is 15.1 Å². The lowest BCUT2D eigenvalue weighted by Crippen LogP contribution is -2.45. The first-order valence-corrected chi connectivity index (χ1v) is 14.5. The summed E-state index contributed by atoms with van der Waals surface area (Å²) in [5, 5.41) is 3.77. The van der Waals surface area contributed by atoms with Crippen LogP contribution in [0, 0.1) is 5.41 Å². The van der Waals surface area contributed by atoms with Crippen molar-refractivity contribution in [1.82, 2.24) is 15.1 Å². The highest BCUT2D eigenvalue weighted by Gasteiger charge is 2.47. The molecule has 0 saturated carbocycles. The van der Waals surface area contributed by atoms with Crippen LogP contribution in [0.5, 0.6) is 0 Å². The Bertz CT molecular complexity index is 1260. The number of hydrogen-bond acceptors (Lipinski definition) is 3. The Morgan fingerprint density at radius 1 is 0.947 bits per heavy atom. The zero-order valence-corrected chi connectivity index (χ0v) is 23.8. The van der Waals surface area contributed by atoms with Gasteiger partial charge in [-0.3, -0.25) is 9.59 Å². The van der Waals surface area contributed by atoms with Crippen LogP contribution in [-0.4, -0.2) is 47.8 Å². The lowest BCUT2D eigenvalue weighted by molar-refractivity contribution is -0.138. The van der Waals surface area contributed by atoms with E-state index >= 15 is 0 Å². The van der Waals surface area contributed by atoms with E-state index in [1.807, 2.05) is 35.2 Å². The number of piperidine rings is 1. The molecule has 198 valence electrons. The SMILES string of the molecule is O=C(NC(CCN1CCC2(CC1)CCN(Cc1ccc(Br)cc1)C2=O)c1ccccc1)c1cccc(Cl)c1. The summed E-state index contributed by atoms with van der Waals surface area (Å²) in [4.78, 5) is 30.9. The monoisotopic (exact) mass is 593 g/mol. The predicted octanol–water partition coefficient (Wildman–Crippen LogP) is 6.48. The van der Waals surface area contributed by atoms with Gasteiger partial charge in [0, 0.05) is 34.7 Å². The summed E-state index contributed by atoms with van der Waals surface area (Å²) in [7, 11) is 0. The summed E-state index contributed by atoms with van der Waals surface area (Å²) in [6.07, 6.45) is 3.53. The smallest absolute Gasteiger partial charge is 0.251 e. The van der Waals surface area contributed by atoms with E-state index < -0.39 is 0 Å². The summed E-state index contributed by atoms with van der Waals surface area (Å²) >= 11 is 9.59. The molecule has 7 heteroatoms. The molecule has 1 atom stereocenters. The average Bonchev–Trinajstić information content (AvgIpc) is 3.23. The quantitative estimate of drug-likeness (QED) is 0.325. The molecule has 5 nitrogen and oxygen atoms in total. The average molecular weight is 595 g/mol. The number of carbonyl (C=O) groups excluding carboxylic acids is 2. The number of rotatable bonds is 8. The second kappa shape index (κ2) is 12.0. The first-order chi connectivity index (χ1) is 18.4. The molecule has 2 amide bonds. The molecule has 2 fully saturated rings. The summed E-state index contributed by atoms with van der Waals surface area (Å²) in [5.41, 5.74) is 2.60. The Morgan fingerprint density at radius 2 is 1.66 bits per heavy atom. The highest BCUT2D eigenvalue weighted by Crippen LogP contribution is 2.42. The predicted molar refractivity (Wildman–Crippen MR) is 155 cm³/mol. The fraction of sp³-hybridized carbons (Fsp3) is 0.355. The first-order valence-electron chi connectivity index (χ1n) is 13.3. The van der Waals surface area contributed by atoms with Crippen LogP contribution in [-0.2, 0) is 11.3 Å². The number of halogens is 2. The van der Waals surface area contributed by atoms with Crippen LogP contribution in [0.3, 0.4) is 0 Å². The number of nitrogens with zero attached hydrogens (tertiary/aromatic N) is 2. The number of carbonyl (C=O) groups is 2. The largest absolute Gasteiger partial charge is 0.345 e. The molecular weight excluding hydrogens is 562 g/mol. The third kappa shape index (κ3) is 6.31. The number of nitrogens with one attached hydrogen (secondary N) is 1. The van der Waals surface area contributed by atoms with E-state index in [0.29, 0.717) is 23.0 Å². The molecule has 3 aromatic carbocycles. The van der Waals surface area contributed by atoms with E-state index in [4.69, 9.17) is 11.6 Å². The van der Waals surface area contributed by atoms with Crippen molar-refractivity contribution in [3.63, 3.8) is 0 Å². The molecule has 0 aromatic heterocycles. The molecule has 2 saturated heterocycles. The Labute approximate surface area is 238 Å². The van der Waals surface area contributed by atoms with Gasteiger partial charge in [-0.05, 0) is 80.2 Å². The highest BCUT2D eigenvalue weighted by molar-refractivity contribution is 9.10. The summed E-state index contributed by atoms with van der Waals surface area (Å²) < 4.78 is 1.05. The Kier molecular flexibility index (Phi) is 8.51. The normalized spacial score (nSPS) is 18.1. The number of amides is 2. The van der Waals surface area contributed by atoms with Gasteiger partial charge in [0.2, 0.25) is 5.91 Å². The van der Waals surface area contributed by atoms with Crippen LogP contribution in [0.1, 0.15) is 53.2 Å². The molecule has 2 aliphatic heterocycles. The van der Waals surface area contributed by atoms with Crippen LogP contribution >= 0.6 is 27.5 Å². The van der Waals surface area contributed by atoms with E-state index in [2.05, 4.69) is 50.4 Å². The van der Waals surface area contributed by atoms with Gasteiger partial charge in [0.25, 0.3) is 5.91 Å². The zero-order chi connectivity index (χ0) is 26.5. The highest BCUT2D eigenvalue weighted by atomic mass is 79.9. The Morgan fingerprint density at radius 3 is 2.37 bits per heavy atom. The minimum Gasteiger partial charge on any atom is -0.345 e. The van der Waals surface area contributed by atoms with E-state index in [0.717, 1.165) is 61.9 Å². The van der Waals surface area contributed by atoms with Gasteiger partial charge in [-0.2, -0.15) is 0 Å². The second-order valence-electron chi connectivity index (χ2n) is 10.5. The van der Waals surface area contributed by atoms with Crippen molar-refractivity contribution >= 4 is 39.3 Å². The van der Waals surface area contributed by atoms with Crippen molar-refractivity contribution in [3.8, 4) is 0 Å². The molecule has 1 N–H and O–H groups in total. The van der Waals surface area contributed by atoms with Crippen LogP contribution in [0.15, 0.2) is 83.3 Å². The van der Waals surface area contributed by atoms with Gasteiger partial charge in [-0.25, -0.2) is 0 Å². The van der Waals surface area contributed by atoms with E-state index in [9.17, 15) is 9.59 Å².